The summed E-state index contributed by atoms with van der Waals surface area (Å²) in [5, 5.41) is 0. The third kappa shape index (κ3) is 4.01. The highest BCUT2D eigenvalue weighted by Crippen LogP contribution is 2.21. The molecule has 2 aliphatic heterocycles. The van der Waals surface area contributed by atoms with Gasteiger partial charge in [0, 0.05) is 26.2 Å². The van der Waals surface area contributed by atoms with E-state index in [4.69, 9.17) is 4.74 Å². The number of hydrogen-bond acceptors (Lipinski definition) is 4. The zero-order chi connectivity index (χ0) is 18.5. The number of ether oxygens (including phenoxy) is 1. The topological polar surface area (TPSA) is 53.1 Å². The molecule has 0 spiro atoms. The quantitative estimate of drug-likeness (QED) is 0.827. The molecule has 2 amide bonds. The molecule has 0 bridgehead atoms. The molecule has 142 valence electrons. The lowest BCUT2D eigenvalue weighted by atomic mass is 10.1. The molecule has 2 fully saturated rings. The number of benzene rings is 1. The summed E-state index contributed by atoms with van der Waals surface area (Å²) in [6, 6.07) is 7.29. The lowest BCUT2D eigenvalue weighted by Crippen LogP contribution is -2.55. The minimum absolute atomic E-state index is 0.00558. The Morgan fingerprint density at radius 2 is 1.65 bits per heavy atom. The summed E-state index contributed by atoms with van der Waals surface area (Å²) in [6.07, 6.45) is 4.43. The van der Waals surface area contributed by atoms with Gasteiger partial charge >= 0.3 is 0 Å². The molecule has 1 aromatic carbocycles. The molecule has 3 rings (SSSR count). The van der Waals surface area contributed by atoms with Crippen LogP contribution in [0.4, 0.5) is 0 Å². The van der Waals surface area contributed by atoms with E-state index in [1.807, 2.05) is 21.9 Å². The van der Waals surface area contributed by atoms with Crippen LogP contribution in [0.3, 0.4) is 0 Å². The van der Waals surface area contributed by atoms with Crippen molar-refractivity contribution in [1.82, 2.24) is 14.7 Å². The Balaban J connectivity index is 1.60. The standard InChI is InChI=1S/C20H29N3O3/c1-21-11-7-3-4-9-17(21)20(25)23-14-12-22(13-15-23)19(24)16-8-5-6-10-18(16)26-2/h5-6,8,10,17H,3-4,7,9,11-15H2,1-2H3/t17-/m1/s1. The number of para-hydroxylation sites is 1. The predicted molar refractivity (Wildman–Crippen MR) is 100 cm³/mol. The lowest BCUT2D eigenvalue weighted by molar-refractivity contribution is -0.138. The van der Waals surface area contributed by atoms with Crippen LogP contribution in [0.25, 0.3) is 0 Å². The van der Waals surface area contributed by atoms with Gasteiger partial charge in [0.15, 0.2) is 0 Å². The molecule has 2 heterocycles. The summed E-state index contributed by atoms with van der Waals surface area (Å²) in [5.41, 5.74) is 0.582. The molecule has 1 aromatic rings. The van der Waals surface area contributed by atoms with Gasteiger partial charge < -0.3 is 14.5 Å². The van der Waals surface area contributed by atoms with Gasteiger partial charge in [-0.05, 0) is 38.6 Å². The maximum Gasteiger partial charge on any atom is 0.257 e. The highest BCUT2D eigenvalue weighted by atomic mass is 16.5. The third-order valence-corrected chi connectivity index (χ3v) is 5.52. The second-order valence-corrected chi connectivity index (χ2v) is 7.16. The second kappa shape index (κ2) is 8.54. The Morgan fingerprint density at radius 1 is 0.962 bits per heavy atom. The van der Waals surface area contributed by atoms with Crippen LogP contribution in [-0.2, 0) is 4.79 Å². The van der Waals surface area contributed by atoms with E-state index in [0.717, 1.165) is 19.4 Å². The fourth-order valence-electron chi connectivity index (χ4n) is 3.90. The summed E-state index contributed by atoms with van der Waals surface area (Å²) < 4.78 is 5.30. The normalized spacial score (nSPS) is 22.0. The number of hydrogen-bond donors (Lipinski definition) is 0. The van der Waals surface area contributed by atoms with Crippen molar-refractivity contribution >= 4 is 11.8 Å². The van der Waals surface area contributed by atoms with Gasteiger partial charge in [-0.2, -0.15) is 0 Å². The van der Waals surface area contributed by atoms with Gasteiger partial charge in [-0.25, -0.2) is 0 Å². The molecule has 6 heteroatoms. The Hall–Kier alpha value is -2.08. The lowest BCUT2D eigenvalue weighted by Gasteiger charge is -2.38. The van der Waals surface area contributed by atoms with Crippen LogP contribution < -0.4 is 4.74 Å². The molecule has 6 nitrogen and oxygen atoms in total. The minimum Gasteiger partial charge on any atom is -0.496 e. The highest BCUT2D eigenvalue weighted by molar-refractivity contribution is 5.97. The Bertz CT molecular complexity index is 641. The van der Waals surface area contributed by atoms with E-state index in [-0.39, 0.29) is 17.9 Å². The molecule has 0 saturated carbocycles. The first-order valence-corrected chi connectivity index (χ1v) is 9.53. The number of methoxy groups -OCH3 is 1. The molecular formula is C20H29N3O3. The Kier molecular flexibility index (Phi) is 6.14. The molecule has 2 saturated heterocycles. The predicted octanol–water partition coefficient (Wildman–Crippen LogP) is 1.85. The number of likely N-dealkylation sites (N-methyl/N-ethyl adjacent to an activating group) is 1. The molecule has 0 N–H and O–H groups in total. The maximum atomic E-state index is 12.9. The van der Waals surface area contributed by atoms with Gasteiger partial charge in [0.25, 0.3) is 5.91 Å². The fraction of sp³-hybridized carbons (Fsp3) is 0.600. The third-order valence-electron chi connectivity index (χ3n) is 5.52. The molecule has 0 unspecified atom stereocenters. The molecule has 0 radical (unpaired) electrons. The average molecular weight is 359 g/mol. The van der Waals surface area contributed by atoms with Gasteiger partial charge in [0.05, 0.1) is 18.7 Å². The van der Waals surface area contributed by atoms with E-state index in [9.17, 15) is 9.59 Å². The molecular weight excluding hydrogens is 330 g/mol. The fourth-order valence-corrected chi connectivity index (χ4v) is 3.90. The first-order valence-electron chi connectivity index (χ1n) is 9.53. The maximum absolute atomic E-state index is 12.9. The van der Waals surface area contributed by atoms with Crippen molar-refractivity contribution in [3.8, 4) is 5.75 Å². The monoisotopic (exact) mass is 359 g/mol. The van der Waals surface area contributed by atoms with Crippen LogP contribution in [0.1, 0.15) is 36.0 Å². The summed E-state index contributed by atoms with van der Waals surface area (Å²) in [6.45, 7) is 3.33. The molecule has 26 heavy (non-hydrogen) atoms. The Labute approximate surface area is 155 Å². The second-order valence-electron chi connectivity index (χ2n) is 7.16. The highest BCUT2D eigenvalue weighted by Gasteiger charge is 2.32. The zero-order valence-corrected chi connectivity index (χ0v) is 15.8. The van der Waals surface area contributed by atoms with Crippen molar-refractivity contribution < 1.29 is 14.3 Å². The number of piperazine rings is 1. The largest absolute Gasteiger partial charge is 0.496 e. The van der Waals surface area contributed by atoms with E-state index in [1.165, 1.54) is 12.8 Å². The molecule has 0 aromatic heterocycles. The summed E-state index contributed by atoms with van der Waals surface area (Å²) >= 11 is 0. The zero-order valence-electron chi connectivity index (χ0n) is 15.8. The van der Waals surface area contributed by atoms with E-state index < -0.39 is 0 Å². The van der Waals surface area contributed by atoms with Gasteiger partial charge in [0.2, 0.25) is 5.91 Å². The minimum atomic E-state index is -0.0267. The number of amides is 2. The summed E-state index contributed by atoms with van der Waals surface area (Å²) in [5.74, 6) is 0.788. The number of carbonyl (C=O) groups excluding carboxylic acids is 2. The summed E-state index contributed by atoms with van der Waals surface area (Å²) in [7, 11) is 3.63. The van der Waals surface area contributed by atoms with E-state index >= 15 is 0 Å². The summed E-state index contributed by atoms with van der Waals surface area (Å²) in [4.78, 5) is 31.7. The van der Waals surface area contributed by atoms with Crippen LogP contribution in [0, 0.1) is 0 Å². The first kappa shape index (κ1) is 18.7. The van der Waals surface area contributed by atoms with Crippen molar-refractivity contribution in [2.24, 2.45) is 0 Å². The molecule has 1 atom stereocenters. The first-order chi connectivity index (χ1) is 12.6. The smallest absolute Gasteiger partial charge is 0.257 e. The van der Waals surface area contributed by atoms with Gasteiger partial charge in [-0.3, -0.25) is 14.5 Å². The van der Waals surface area contributed by atoms with Crippen LogP contribution in [0.2, 0.25) is 0 Å². The van der Waals surface area contributed by atoms with Crippen LogP contribution >= 0.6 is 0 Å². The van der Waals surface area contributed by atoms with Crippen LogP contribution in [-0.4, -0.2) is 79.4 Å². The van der Waals surface area contributed by atoms with Crippen LogP contribution in [0.5, 0.6) is 5.75 Å². The number of nitrogens with zero attached hydrogens (tertiary/aromatic N) is 3. The van der Waals surface area contributed by atoms with Crippen molar-refractivity contribution in [2.45, 2.75) is 31.7 Å². The van der Waals surface area contributed by atoms with Gasteiger partial charge in [-0.15, -0.1) is 0 Å². The van der Waals surface area contributed by atoms with Crippen molar-refractivity contribution in [3.63, 3.8) is 0 Å². The average Bonchev–Trinajstić information content (AvgIpc) is 2.91. The van der Waals surface area contributed by atoms with Crippen molar-refractivity contribution in [3.05, 3.63) is 29.8 Å². The van der Waals surface area contributed by atoms with E-state index in [2.05, 4.69) is 11.9 Å². The number of carbonyl (C=O) groups is 2. The number of likely N-dealkylation sites (tertiary alicyclic amines) is 1. The number of rotatable bonds is 3. The van der Waals surface area contributed by atoms with Crippen molar-refractivity contribution in [1.29, 1.82) is 0 Å². The molecule has 2 aliphatic rings. The van der Waals surface area contributed by atoms with Crippen LogP contribution in [0.15, 0.2) is 24.3 Å². The van der Waals surface area contributed by atoms with E-state index in [1.54, 1.807) is 19.2 Å². The SMILES string of the molecule is COc1ccccc1C(=O)N1CCN(C(=O)[C@H]2CCCCCN2C)CC1. The molecule has 0 aliphatic carbocycles. The van der Waals surface area contributed by atoms with E-state index in [0.29, 0.717) is 37.5 Å². The van der Waals surface area contributed by atoms with Gasteiger partial charge in [0.1, 0.15) is 5.75 Å². The van der Waals surface area contributed by atoms with Crippen molar-refractivity contribution in [2.75, 3.05) is 46.9 Å². The Morgan fingerprint density at radius 3 is 2.38 bits per heavy atom. The van der Waals surface area contributed by atoms with Gasteiger partial charge in [-0.1, -0.05) is 25.0 Å².